The van der Waals surface area contributed by atoms with E-state index in [0.29, 0.717) is 42.3 Å². The van der Waals surface area contributed by atoms with E-state index in [2.05, 4.69) is 0 Å². The van der Waals surface area contributed by atoms with Crippen LogP contribution in [0.3, 0.4) is 0 Å². The third kappa shape index (κ3) is 3.60. The van der Waals surface area contributed by atoms with Gasteiger partial charge in [0.25, 0.3) is 0 Å². The first-order valence-corrected chi connectivity index (χ1v) is 8.90. The van der Waals surface area contributed by atoms with Gasteiger partial charge in [0, 0.05) is 6.54 Å². The first-order valence-electron chi connectivity index (χ1n) is 8.15. The summed E-state index contributed by atoms with van der Waals surface area (Å²) < 4.78 is 0. The summed E-state index contributed by atoms with van der Waals surface area (Å²) in [6, 6.07) is 3.90. The average Bonchev–Trinajstić information content (AvgIpc) is 3.01. The van der Waals surface area contributed by atoms with Crippen LogP contribution in [0, 0.1) is 0 Å². The molecule has 0 unspecified atom stereocenters. The quantitative estimate of drug-likeness (QED) is 0.843. The largest absolute Gasteiger partial charge is 0.480 e. The molecule has 2 atom stereocenters. The molecular formula is C17H18Cl2N2O4. The number of hydrogen-bond acceptors (Lipinski definition) is 3. The molecule has 1 aromatic rings. The van der Waals surface area contributed by atoms with Crippen molar-refractivity contribution < 1.29 is 19.5 Å². The second-order valence-electron chi connectivity index (χ2n) is 6.36. The van der Waals surface area contributed by atoms with Gasteiger partial charge in [0.2, 0.25) is 11.8 Å². The molecule has 3 rings (SSSR count). The number of halogens is 2. The van der Waals surface area contributed by atoms with Crippen molar-refractivity contribution >= 4 is 41.0 Å². The number of carboxylic acids is 1. The molecule has 1 aromatic carbocycles. The van der Waals surface area contributed by atoms with E-state index in [9.17, 15) is 19.5 Å². The Labute approximate surface area is 155 Å². The molecule has 0 spiro atoms. The molecule has 0 bridgehead atoms. The van der Waals surface area contributed by atoms with Crippen molar-refractivity contribution in [2.75, 3.05) is 13.1 Å². The van der Waals surface area contributed by atoms with Gasteiger partial charge in [-0.1, -0.05) is 29.3 Å². The Morgan fingerprint density at radius 2 is 1.96 bits per heavy atom. The Hall–Kier alpha value is -1.79. The molecule has 8 heteroatoms. The van der Waals surface area contributed by atoms with Gasteiger partial charge in [-0.05, 0) is 43.4 Å². The van der Waals surface area contributed by atoms with Crippen molar-refractivity contribution in [3.63, 3.8) is 0 Å². The van der Waals surface area contributed by atoms with E-state index >= 15 is 0 Å². The van der Waals surface area contributed by atoms with Crippen LogP contribution >= 0.6 is 23.2 Å². The van der Waals surface area contributed by atoms with Crippen molar-refractivity contribution in [3.05, 3.63) is 33.8 Å². The fourth-order valence-corrected chi connectivity index (χ4v) is 3.86. The third-order valence-electron chi connectivity index (χ3n) is 4.76. The van der Waals surface area contributed by atoms with E-state index < -0.39 is 18.1 Å². The van der Waals surface area contributed by atoms with Crippen LogP contribution < -0.4 is 0 Å². The summed E-state index contributed by atoms with van der Waals surface area (Å²) >= 11 is 11.9. The van der Waals surface area contributed by atoms with Crippen molar-refractivity contribution in [3.8, 4) is 0 Å². The predicted octanol–water partition coefficient (Wildman–Crippen LogP) is 2.21. The maximum absolute atomic E-state index is 12.6. The van der Waals surface area contributed by atoms with E-state index in [-0.39, 0.29) is 18.4 Å². The highest BCUT2D eigenvalue weighted by Crippen LogP contribution is 2.29. The van der Waals surface area contributed by atoms with Crippen molar-refractivity contribution in [2.45, 2.75) is 37.8 Å². The SMILES string of the molecule is O=C(O)[C@H]1CC[C@@H]2C(=O)N(CCCc3ccc(Cl)c(Cl)c3)CC(=O)N12. The fourth-order valence-electron chi connectivity index (χ4n) is 3.54. The van der Waals surface area contributed by atoms with Crippen LogP contribution in [0.1, 0.15) is 24.8 Å². The number of nitrogens with zero attached hydrogens (tertiary/aromatic N) is 2. The van der Waals surface area contributed by atoms with Crippen molar-refractivity contribution in [1.82, 2.24) is 9.80 Å². The van der Waals surface area contributed by atoms with Crippen molar-refractivity contribution in [2.24, 2.45) is 0 Å². The monoisotopic (exact) mass is 384 g/mol. The third-order valence-corrected chi connectivity index (χ3v) is 5.50. The highest BCUT2D eigenvalue weighted by molar-refractivity contribution is 6.42. The van der Waals surface area contributed by atoms with Gasteiger partial charge in [-0.25, -0.2) is 4.79 Å². The summed E-state index contributed by atoms with van der Waals surface area (Å²) in [5.41, 5.74) is 1.01. The summed E-state index contributed by atoms with van der Waals surface area (Å²) in [6.07, 6.45) is 2.13. The van der Waals surface area contributed by atoms with Crippen molar-refractivity contribution in [1.29, 1.82) is 0 Å². The number of benzene rings is 1. The van der Waals surface area contributed by atoms with Gasteiger partial charge >= 0.3 is 5.97 Å². The first-order chi connectivity index (χ1) is 11.9. The van der Waals surface area contributed by atoms with Crippen LogP contribution in [-0.2, 0) is 20.8 Å². The summed E-state index contributed by atoms with van der Waals surface area (Å²) in [7, 11) is 0. The average molecular weight is 385 g/mol. The highest BCUT2D eigenvalue weighted by Gasteiger charge is 2.48. The predicted molar refractivity (Wildman–Crippen MR) is 92.7 cm³/mol. The van der Waals surface area contributed by atoms with Crippen LogP contribution in [0.25, 0.3) is 0 Å². The van der Waals surface area contributed by atoms with Gasteiger partial charge < -0.3 is 14.9 Å². The van der Waals surface area contributed by atoms with Crippen LogP contribution in [0.2, 0.25) is 10.0 Å². The molecule has 2 aliphatic rings. The molecule has 6 nitrogen and oxygen atoms in total. The number of aliphatic carboxylic acids is 1. The summed E-state index contributed by atoms with van der Waals surface area (Å²) in [6.45, 7) is 0.396. The Balaban J connectivity index is 1.59. The molecule has 2 aliphatic heterocycles. The molecule has 2 saturated heterocycles. The van der Waals surface area contributed by atoms with Gasteiger partial charge in [-0.3, -0.25) is 9.59 Å². The number of carbonyl (C=O) groups is 3. The maximum atomic E-state index is 12.6. The van der Waals surface area contributed by atoms with E-state index in [1.807, 2.05) is 6.07 Å². The Bertz CT molecular complexity index is 725. The minimum atomic E-state index is -1.04. The molecule has 2 fully saturated rings. The number of rotatable bonds is 5. The number of carbonyl (C=O) groups excluding carboxylic acids is 2. The molecule has 2 amide bonds. The molecule has 0 aromatic heterocycles. The summed E-state index contributed by atoms with van der Waals surface area (Å²) in [5.74, 6) is -1.49. The standard InChI is InChI=1S/C17H18Cl2N2O4/c18-11-4-3-10(8-12(11)19)2-1-7-20-9-15(22)21-13(16(20)23)5-6-14(21)17(24)25/h3-4,8,13-14H,1-2,5-7,9H2,(H,24,25)/t13-,14-/m1/s1. The van der Waals surface area contributed by atoms with Gasteiger partial charge in [0.05, 0.1) is 16.6 Å². The van der Waals surface area contributed by atoms with E-state index in [0.717, 1.165) is 5.56 Å². The number of hydrogen-bond donors (Lipinski definition) is 1. The van der Waals surface area contributed by atoms with E-state index in [1.165, 1.54) is 9.80 Å². The zero-order valence-electron chi connectivity index (χ0n) is 13.5. The second kappa shape index (κ2) is 7.22. The lowest BCUT2D eigenvalue weighted by atomic mass is 10.1. The van der Waals surface area contributed by atoms with Gasteiger partial charge in [0.1, 0.15) is 12.1 Å². The fraction of sp³-hybridized carbons (Fsp3) is 0.471. The maximum Gasteiger partial charge on any atom is 0.326 e. The smallest absolute Gasteiger partial charge is 0.326 e. The van der Waals surface area contributed by atoms with E-state index in [4.69, 9.17) is 23.2 Å². The minimum Gasteiger partial charge on any atom is -0.480 e. The highest BCUT2D eigenvalue weighted by atomic mass is 35.5. The lowest BCUT2D eigenvalue weighted by molar-refractivity contribution is -0.160. The number of fused-ring (bicyclic) bond motifs is 1. The second-order valence-corrected chi connectivity index (χ2v) is 7.17. The lowest BCUT2D eigenvalue weighted by Crippen LogP contribution is -2.60. The lowest BCUT2D eigenvalue weighted by Gasteiger charge is -2.38. The zero-order chi connectivity index (χ0) is 18.1. The molecule has 0 radical (unpaired) electrons. The number of piperazine rings is 1. The molecule has 0 aliphatic carbocycles. The topological polar surface area (TPSA) is 77.9 Å². The zero-order valence-corrected chi connectivity index (χ0v) is 15.0. The first kappa shape index (κ1) is 18.0. The summed E-state index contributed by atoms with van der Waals surface area (Å²) in [5, 5.41) is 10.2. The Morgan fingerprint density at radius 1 is 1.20 bits per heavy atom. The Morgan fingerprint density at radius 3 is 2.64 bits per heavy atom. The molecule has 134 valence electrons. The molecular weight excluding hydrogens is 367 g/mol. The number of carboxylic acid groups (broad SMARTS) is 1. The van der Waals surface area contributed by atoms with Crippen LogP contribution in [0.15, 0.2) is 18.2 Å². The minimum absolute atomic E-state index is 0.0551. The van der Waals surface area contributed by atoms with Gasteiger partial charge in [0.15, 0.2) is 0 Å². The van der Waals surface area contributed by atoms with E-state index in [1.54, 1.807) is 12.1 Å². The Kier molecular flexibility index (Phi) is 5.20. The van der Waals surface area contributed by atoms with Crippen LogP contribution in [0.5, 0.6) is 0 Å². The van der Waals surface area contributed by atoms with Gasteiger partial charge in [-0.2, -0.15) is 0 Å². The number of aryl methyl sites for hydroxylation is 1. The van der Waals surface area contributed by atoms with Crippen LogP contribution in [0.4, 0.5) is 0 Å². The normalized spacial score (nSPS) is 23.1. The molecule has 0 saturated carbocycles. The van der Waals surface area contributed by atoms with Gasteiger partial charge in [-0.15, -0.1) is 0 Å². The van der Waals surface area contributed by atoms with Crippen LogP contribution in [-0.4, -0.2) is 57.9 Å². The number of amides is 2. The molecule has 1 N–H and O–H groups in total. The molecule has 25 heavy (non-hydrogen) atoms. The summed E-state index contributed by atoms with van der Waals surface area (Å²) in [4.78, 5) is 38.9. The molecule has 2 heterocycles.